The minimum Gasteiger partial charge on any atom is -0.496 e. The summed E-state index contributed by atoms with van der Waals surface area (Å²) < 4.78 is 5.37. The summed E-state index contributed by atoms with van der Waals surface area (Å²) in [4.78, 5) is 4.42. The normalized spacial score (nSPS) is 12.2. The summed E-state index contributed by atoms with van der Waals surface area (Å²) in [6.07, 6.45) is 2.52. The van der Waals surface area contributed by atoms with E-state index in [0.29, 0.717) is 0 Å². The van der Waals surface area contributed by atoms with E-state index in [1.165, 1.54) is 0 Å². The molecule has 0 aliphatic rings. The number of hydrogen-bond donors (Lipinski definition) is 2. The van der Waals surface area contributed by atoms with E-state index in [1.807, 2.05) is 43.3 Å². The van der Waals surface area contributed by atoms with Gasteiger partial charge >= 0.3 is 0 Å². The molecule has 0 saturated carbocycles. The standard InChI is InChI=1S/C15H19N3O/c1-11-6-5-9-17-15(11)13(18-16)10-12-7-3-4-8-14(12)19-2/h3-9,13,18H,10,16H2,1-2H3. The lowest BCUT2D eigenvalue weighted by Crippen LogP contribution is -2.30. The van der Waals surface area contributed by atoms with E-state index < -0.39 is 0 Å². The number of hydrazine groups is 1. The highest BCUT2D eigenvalue weighted by Gasteiger charge is 2.16. The maximum absolute atomic E-state index is 5.68. The van der Waals surface area contributed by atoms with Gasteiger partial charge in [-0.25, -0.2) is 0 Å². The molecule has 4 nitrogen and oxygen atoms in total. The van der Waals surface area contributed by atoms with Crippen LogP contribution in [-0.2, 0) is 6.42 Å². The zero-order chi connectivity index (χ0) is 13.7. The van der Waals surface area contributed by atoms with Crippen molar-refractivity contribution in [2.75, 3.05) is 7.11 Å². The van der Waals surface area contributed by atoms with Gasteiger partial charge in [-0.05, 0) is 36.6 Å². The Morgan fingerprint density at radius 3 is 2.74 bits per heavy atom. The quantitative estimate of drug-likeness (QED) is 0.636. The van der Waals surface area contributed by atoms with Gasteiger partial charge in [0.25, 0.3) is 0 Å². The molecule has 2 aromatic rings. The minimum atomic E-state index is -0.0301. The zero-order valence-corrected chi connectivity index (χ0v) is 11.3. The molecule has 0 saturated heterocycles. The molecule has 0 spiro atoms. The number of aryl methyl sites for hydroxylation is 1. The SMILES string of the molecule is COc1ccccc1CC(NN)c1ncccc1C. The Balaban J connectivity index is 2.27. The number of hydrogen-bond acceptors (Lipinski definition) is 4. The van der Waals surface area contributed by atoms with Gasteiger partial charge in [-0.3, -0.25) is 16.3 Å². The highest BCUT2D eigenvalue weighted by atomic mass is 16.5. The number of rotatable bonds is 5. The van der Waals surface area contributed by atoms with Gasteiger partial charge in [-0.15, -0.1) is 0 Å². The predicted octanol–water partition coefficient (Wildman–Crippen LogP) is 2.15. The highest BCUT2D eigenvalue weighted by Crippen LogP contribution is 2.24. The molecule has 0 amide bonds. The van der Waals surface area contributed by atoms with Crippen molar-refractivity contribution in [3.05, 3.63) is 59.4 Å². The molecule has 19 heavy (non-hydrogen) atoms. The van der Waals surface area contributed by atoms with Crippen molar-refractivity contribution >= 4 is 0 Å². The van der Waals surface area contributed by atoms with Crippen LogP contribution < -0.4 is 16.0 Å². The summed E-state index contributed by atoms with van der Waals surface area (Å²) in [6, 6.07) is 11.9. The van der Waals surface area contributed by atoms with Gasteiger partial charge in [0.2, 0.25) is 0 Å². The Bertz CT molecular complexity index is 542. The summed E-state index contributed by atoms with van der Waals surface area (Å²) in [6.45, 7) is 2.04. The number of benzene rings is 1. The molecule has 1 unspecified atom stereocenters. The minimum absolute atomic E-state index is 0.0301. The first-order valence-corrected chi connectivity index (χ1v) is 6.25. The Hall–Kier alpha value is -1.91. The molecule has 1 atom stereocenters. The first-order valence-electron chi connectivity index (χ1n) is 6.25. The van der Waals surface area contributed by atoms with E-state index in [2.05, 4.69) is 10.4 Å². The third kappa shape index (κ3) is 3.10. The Morgan fingerprint density at radius 1 is 1.26 bits per heavy atom. The molecular formula is C15H19N3O. The molecule has 1 aromatic carbocycles. The number of methoxy groups -OCH3 is 1. The lowest BCUT2D eigenvalue weighted by atomic mass is 10.00. The first kappa shape index (κ1) is 13.5. The van der Waals surface area contributed by atoms with Crippen LogP contribution in [0.15, 0.2) is 42.6 Å². The largest absolute Gasteiger partial charge is 0.496 e. The van der Waals surface area contributed by atoms with Crippen molar-refractivity contribution in [2.45, 2.75) is 19.4 Å². The van der Waals surface area contributed by atoms with E-state index in [9.17, 15) is 0 Å². The third-order valence-corrected chi connectivity index (χ3v) is 3.20. The van der Waals surface area contributed by atoms with Crippen molar-refractivity contribution in [3.8, 4) is 5.75 Å². The first-order chi connectivity index (χ1) is 9.26. The topological polar surface area (TPSA) is 60.2 Å². The summed E-state index contributed by atoms with van der Waals surface area (Å²) in [5.41, 5.74) is 6.04. The molecule has 0 fully saturated rings. The maximum Gasteiger partial charge on any atom is 0.122 e. The van der Waals surface area contributed by atoms with E-state index in [0.717, 1.165) is 29.0 Å². The van der Waals surface area contributed by atoms with Crippen LogP contribution in [0.4, 0.5) is 0 Å². The van der Waals surface area contributed by atoms with Crippen LogP contribution >= 0.6 is 0 Å². The van der Waals surface area contributed by atoms with Gasteiger partial charge < -0.3 is 4.74 Å². The molecule has 4 heteroatoms. The molecule has 0 aliphatic carbocycles. The fraction of sp³-hybridized carbons (Fsp3) is 0.267. The fourth-order valence-corrected chi connectivity index (χ4v) is 2.19. The summed E-state index contributed by atoms with van der Waals surface area (Å²) in [5, 5.41) is 0. The van der Waals surface area contributed by atoms with E-state index >= 15 is 0 Å². The van der Waals surface area contributed by atoms with Crippen molar-refractivity contribution in [1.82, 2.24) is 10.4 Å². The molecule has 3 N–H and O–H groups in total. The number of nitrogens with one attached hydrogen (secondary N) is 1. The number of para-hydroxylation sites is 1. The molecule has 1 aromatic heterocycles. The van der Waals surface area contributed by atoms with Gasteiger partial charge in [0.05, 0.1) is 18.8 Å². The molecule has 2 rings (SSSR count). The summed E-state index contributed by atoms with van der Waals surface area (Å²) >= 11 is 0. The number of nitrogens with two attached hydrogens (primary N) is 1. The summed E-state index contributed by atoms with van der Waals surface area (Å²) in [5.74, 6) is 6.55. The Kier molecular flexibility index (Phi) is 4.49. The van der Waals surface area contributed by atoms with Crippen LogP contribution in [0.5, 0.6) is 5.75 Å². The second-order valence-electron chi connectivity index (χ2n) is 4.44. The van der Waals surface area contributed by atoms with E-state index in [1.54, 1.807) is 13.3 Å². The van der Waals surface area contributed by atoms with Gasteiger partial charge in [-0.1, -0.05) is 24.3 Å². The van der Waals surface area contributed by atoms with E-state index in [4.69, 9.17) is 10.6 Å². The van der Waals surface area contributed by atoms with Crippen LogP contribution in [0.25, 0.3) is 0 Å². The molecule has 0 bridgehead atoms. The fourth-order valence-electron chi connectivity index (χ4n) is 2.19. The average Bonchev–Trinajstić information content (AvgIpc) is 2.46. The third-order valence-electron chi connectivity index (χ3n) is 3.20. The van der Waals surface area contributed by atoms with Crippen LogP contribution in [0.1, 0.15) is 22.9 Å². The second kappa shape index (κ2) is 6.31. The lowest BCUT2D eigenvalue weighted by Gasteiger charge is -2.18. The highest BCUT2D eigenvalue weighted by molar-refractivity contribution is 5.35. The van der Waals surface area contributed by atoms with Crippen molar-refractivity contribution in [3.63, 3.8) is 0 Å². The van der Waals surface area contributed by atoms with Crippen LogP contribution in [0.2, 0.25) is 0 Å². The monoisotopic (exact) mass is 257 g/mol. The lowest BCUT2D eigenvalue weighted by molar-refractivity contribution is 0.405. The number of aromatic nitrogens is 1. The molecule has 0 aliphatic heterocycles. The van der Waals surface area contributed by atoms with Gasteiger partial charge in [-0.2, -0.15) is 0 Å². The van der Waals surface area contributed by atoms with Crippen LogP contribution in [0, 0.1) is 6.92 Å². The average molecular weight is 257 g/mol. The maximum atomic E-state index is 5.68. The van der Waals surface area contributed by atoms with Crippen LogP contribution in [-0.4, -0.2) is 12.1 Å². The van der Waals surface area contributed by atoms with Crippen molar-refractivity contribution in [1.29, 1.82) is 0 Å². The summed E-state index contributed by atoms with van der Waals surface area (Å²) in [7, 11) is 1.68. The number of nitrogens with zero attached hydrogens (tertiary/aromatic N) is 1. The van der Waals surface area contributed by atoms with Crippen molar-refractivity contribution in [2.24, 2.45) is 5.84 Å². The van der Waals surface area contributed by atoms with Gasteiger partial charge in [0.15, 0.2) is 0 Å². The van der Waals surface area contributed by atoms with Crippen molar-refractivity contribution < 1.29 is 4.74 Å². The van der Waals surface area contributed by atoms with E-state index in [-0.39, 0.29) is 6.04 Å². The number of ether oxygens (including phenoxy) is 1. The molecule has 100 valence electrons. The zero-order valence-electron chi connectivity index (χ0n) is 11.3. The smallest absolute Gasteiger partial charge is 0.122 e. The predicted molar refractivity (Wildman–Crippen MR) is 75.7 cm³/mol. The molecule has 0 radical (unpaired) electrons. The Labute approximate surface area is 113 Å². The Morgan fingerprint density at radius 2 is 2.05 bits per heavy atom. The van der Waals surface area contributed by atoms with Crippen LogP contribution in [0.3, 0.4) is 0 Å². The molecule has 1 heterocycles. The number of pyridine rings is 1. The second-order valence-corrected chi connectivity index (χ2v) is 4.44. The van der Waals surface area contributed by atoms with Gasteiger partial charge in [0.1, 0.15) is 5.75 Å². The molecular weight excluding hydrogens is 238 g/mol. The van der Waals surface area contributed by atoms with Gasteiger partial charge in [0, 0.05) is 6.20 Å².